The Hall–Kier alpha value is -1.61. The maximum Gasteiger partial charge on any atom is 0.218 e. The van der Waals surface area contributed by atoms with Crippen molar-refractivity contribution in [1.82, 2.24) is 10.3 Å². The van der Waals surface area contributed by atoms with Gasteiger partial charge in [0.25, 0.3) is 0 Å². The zero-order valence-corrected chi connectivity index (χ0v) is 12.4. The van der Waals surface area contributed by atoms with E-state index in [0.29, 0.717) is 5.92 Å². The molecule has 0 amide bonds. The molecule has 1 aliphatic rings. The Labute approximate surface area is 120 Å². The zero-order valence-electron chi connectivity index (χ0n) is 12.4. The fourth-order valence-corrected chi connectivity index (χ4v) is 2.74. The van der Waals surface area contributed by atoms with Gasteiger partial charge in [0.2, 0.25) is 5.88 Å². The van der Waals surface area contributed by atoms with Crippen molar-refractivity contribution in [3.63, 3.8) is 0 Å². The highest BCUT2D eigenvalue weighted by molar-refractivity contribution is 5.83. The van der Waals surface area contributed by atoms with Crippen LogP contribution in [0.4, 0.5) is 0 Å². The second kappa shape index (κ2) is 5.41. The number of aromatic nitrogens is 1. The largest absolute Gasteiger partial charge is 0.473 e. The first-order valence-corrected chi connectivity index (χ1v) is 7.49. The summed E-state index contributed by atoms with van der Waals surface area (Å²) >= 11 is 0. The first kappa shape index (κ1) is 13.4. The van der Waals surface area contributed by atoms with Gasteiger partial charge in [-0.05, 0) is 24.0 Å². The quantitative estimate of drug-likeness (QED) is 0.905. The van der Waals surface area contributed by atoms with Crippen molar-refractivity contribution in [2.45, 2.75) is 45.8 Å². The number of hydrogen-bond acceptors (Lipinski definition) is 3. The molecule has 1 N–H and O–H groups in total. The number of ether oxygens (including phenoxy) is 1. The molecule has 0 fully saturated rings. The maximum absolute atomic E-state index is 6.08. The summed E-state index contributed by atoms with van der Waals surface area (Å²) in [5.74, 6) is 1.28. The molecule has 1 aromatic heterocycles. The molecule has 3 rings (SSSR count). The number of benzene rings is 1. The summed E-state index contributed by atoms with van der Waals surface area (Å²) in [6.45, 7) is 8.29. The minimum Gasteiger partial charge on any atom is -0.473 e. The number of nitrogens with zero attached hydrogens (tertiary/aromatic N) is 1. The van der Waals surface area contributed by atoms with Crippen molar-refractivity contribution in [3.8, 4) is 5.88 Å². The normalized spacial score (nSPS) is 18.7. The number of nitrogens with one attached hydrogen (secondary N) is 1. The number of hydrogen-bond donors (Lipinski definition) is 1. The van der Waals surface area contributed by atoms with Gasteiger partial charge >= 0.3 is 0 Å². The lowest BCUT2D eigenvalue weighted by Gasteiger charge is -2.16. The Morgan fingerprint density at radius 2 is 2.25 bits per heavy atom. The third-order valence-corrected chi connectivity index (χ3v) is 3.96. The second-order valence-corrected chi connectivity index (χ2v) is 5.81. The van der Waals surface area contributed by atoms with Crippen molar-refractivity contribution in [2.24, 2.45) is 0 Å². The van der Waals surface area contributed by atoms with Gasteiger partial charge in [0, 0.05) is 24.0 Å². The van der Waals surface area contributed by atoms with Crippen LogP contribution in [0.25, 0.3) is 10.9 Å². The molecule has 0 radical (unpaired) electrons. The highest BCUT2D eigenvalue weighted by Crippen LogP contribution is 2.29. The number of rotatable bonds is 2. The molecule has 106 valence electrons. The average Bonchev–Trinajstić information content (AvgIpc) is 2.65. The summed E-state index contributed by atoms with van der Waals surface area (Å²) in [7, 11) is 0. The fourth-order valence-electron chi connectivity index (χ4n) is 2.74. The van der Waals surface area contributed by atoms with E-state index in [1.54, 1.807) is 0 Å². The Kier molecular flexibility index (Phi) is 3.62. The molecule has 0 spiro atoms. The van der Waals surface area contributed by atoms with Crippen LogP contribution in [0.3, 0.4) is 0 Å². The van der Waals surface area contributed by atoms with Gasteiger partial charge in [0.1, 0.15) is 6.10 Å². The molecule has 1 aromatic carbocycles. The monoisotopic (exact) mass is 270 g/mol. The van der Waals surface area contributed by atoms with Crippen LogP contribution < -0.4 is 10.1 Å². The van der Waals surface area contributed by atoms with Crippen LogP contribution >= 0.6 is 0 Å². The lowest BCUT2D eigenvalue weighted by atomic mass is 9.99. The average molecular weight is 270 g/mol. The number of para-hydroxylation sites is 1. The molecule has 3 heteroatoms. The van der Waals surface area contributed by atoms with Gasteiger partial charge < -0.3 is 10.1 Å². The maximum atomic E-state index is 6.08. The lowest BCUT2D eigenvalue weighted by Crippen LogP contribution is -2.27. The molecule has 20 heavy (non-hydrogen) atoms. The van der Waals surface area contributed by atoms with E-state index in [0.717, 1.165) is 36.5 Å². The van der Waals surface area contributed by atoms with Crippen LogP contribution in [-0.4, -0.2) is 17.6 Å². The van der Waals surface area contributed by atoms with Gasteiger partial charge in [-0.15, -0.1) is 0 Å². The molecule has 0 saturated carbocycles. The van der Waals surface area contributed by atoms with E-state index in [9.17, 15) is 0 Å². The van der Waals surface area contributed by atoms with Crippen LogP contribution in [0.2, 0.25) is 0 Å². The van der Waals surface area contributed by atoms with Gasteiger partial charge in [-0.1, -0.05) is 39.0 Å². The summed E-state index contributed by atoms with van der Waals surface area (Å²) in [4.78, 5) is 4.83. The van der Waals surface area contributed by atoms with Crippen molar-refractivity contribution in [1.29, 1.82) is 0 Å². The highest BCUT2D eigenvalue weighted by atomic mass is 16.5. The molecule has 1 unspecified atom stereocenters. The fraction of sp³-hybridized carbons (Fsp3) is 0.471. The van der Waals surface area contributed by atoms with Crippen LogP contribution in [-0.2, 0) is 6.54 Å². The molecule has 1 aliphatic heterocycles. The van der Waals surface area contributed by atoms with Gasteiger partial charge in [-0.2, -0.15) is 0 Å². The first-order valence-electron chi connectivity index (χ1n) is 7.49. The molecule has 2 aromatic rings. The lowest BCUT2D eigenvalue weighted by molar-refractivity contribution is 0.195. The third kappa shape index (κ3) is 2.38. The van der Waals surface area contributed by atoms with Crippen LogP contribution in [0.5, 0.6) is 5.88 Å². The van der Waals surface area contributed by atoms with Crippen LogP contribution in [0.15, 0.2) is 24.3 Å². The second-order valence-electron chi connectivity index (χ2n) is 5.81. The summed E-state index contributed by atoms with van der Waals surface area (Å²) in [6.07, 6.45) is 1.21. The highest BCUT2D eigenvalue weighted by Gasteiger charge is 2.18. The van der Waals surface area contributed by atoms with E-state index < -0.39 is 0 Å². The predicted molar refractivity (Wildman–Crippen MR) is 82.2 cm³/mol. The minimum absolute atomic E-state index is 0.215. The molecule has 2 heterocycles. The van der Waals surface area contributed by atoms with Gasteiger partial charge in [0.15, 0.2) is 0 Å². The third-order valence-electron chi connectivity index (χ3n) is 3.96. The Morgan fingerprint density at radius 1 is 1.40 bits per heavy atom. The first-order chi connectivity index (χ1) is 9.69. The molecule has 0 aliphatic carbocycles. The van der Waals surface area contributed by atoms with Gasteiger partial charge in [-0.3, -0.25) is 0 Å². The van der Waals surface area contributed by atoms with Crippen LogP contribution in [0, 0.1) is 0 Å². The van der Waals surface area contributed by atoms with E-state index in [-0.39, 0.29) is 6.10 Å². The van der Waals surface area contributed by atoms with Gasteiger partial charge in [-0.25, -0.2) is 4.98 Å². The Bertz CT molecular complexity index is 622. The Balaban J connectivity index is 2.14. The summed E-state index contributed by atoms with van der Waals surface area (Å²) < 4.78 is 6.08. The molecule has 0 bridgehead atoms. The van der Waals surface area contributed by atoms with Crippen LogP contribution in [0.1, 0.15) is 44.2 Å². The predicted octanol–water partition coefficient (Wildman–Crippen LogP) is 3.62. The molecule has 0 saturated heterocycles. The van der Waals surface area contributed by atoms with E-state index >= 15 is 0 Å². The molecular weight excluding hydrogens is 248 g/mol. The zero-order chi connectivity index (χ0) is 14.1. The SMILES string of the molecule is CCC1CNCc2cc3cccc(C(C)C)c3nc2O1. The minimum atomic E-state index is 0.215. The van der Waals surface area contributed by atoms with E-state index in [2.05, 4.69) is 50.4 Å². The molecule has 1 atom stereocenters. The summed E-state index contributed by atoms with van der Waals surface area (Å²) in [5, 5.41) is 4.65. The summed E-state index contributed by atoms with van der Waals surface area (Å²) in [5.41, 5.74) is 3.53. The summed E-state index contributed by atoms with van der Waals surface area (Å²) in [6, 6.07) is 8.63. The number of pyridine rings is 1. The van der Waals surface area contributed by atoms with Crippen molar-refractivity contribution in [3.05, 3.63) is 35.4 Å². The van der Waals surface area contributed by atoms with E-state index in [1.807, 2.05) is 0 Å². The van der Waals surface area contributed by atoms with Crippen molar-refractivity contribution in [2.75, 3.05) is 6.54 Å². The smallest absolute Gasteiger partial charge is 0.218 e. The van der Waals surface area contributed by atoms with Crippen molar-refractivity contribution < 1.29 is 4.74 Å². The topological polar surface area (TPSA) is 34.2 Å². The van der Waals surface area contributed by atoms with Crippen molar-refractivity contribution >= 4 is 10.9 Å². The number of fused-ring (bicyclic) bond motifs is 2. The molecular formula is C17H22N2O. The standard InChI is InChI=1S/C17H22N2O/c1-4-14-10-18-9-13-8-12-6-5-7-15(11(2)3)16(12)19-17(13)20-14/h5-8,11,14,18H,4,9-10H2,1-3H3. The van der Waals surface area contributed by atoms with Gasteiger partial charge in [0.05, 0.1) is 5.52 Å². The Morgan fingerprint density at radius 3 is 3.00 bits per heavy atom. The molecule has 3 nitrogen and oxygen atoms in total. The van der Waals surface area contributed by atoms with E-state index in [1.165, 1.54) is 10.9 Å². The van der Waals surface area contributed by atoms with E-state index in [4.69, 9.17) is 9.72 Å².